The summed E-state index contributed by atoms with van der Waals surface area (Å²) in [4.78, 5) is 14.9. The van der Waals surface area contributed by atoms with Crippen LogP contribution in [0.1, 0.15) is 36.4 Å². The summed E-state index contributed by atoms with van der Waals surface area (Å²) >= 11 is 0. The number of rotatable bonds is 3. The zero-order valence-corrected chi connectivity index (χ0v) is 17.5. The summed E-state index contributed by atoms with van der Waals surface area (Å²) in [6.45, 7) is 3.41. The highest BCUT2D eigenvalue weighted by atomic mass is 19.4. The number of halogens is 3. The van der Waals surface area contributed by atoms with Crippen LogP contribution < -0.4 is 10.1 Å². The molecule has 4 aliphatic heterocycles. The summed E-state index contributed by atoms with van der Waals surface area (Å²) < 4.78 is 50.0. The van der Waals surface area contributed by atoms with E-state index in [0.29, 0.717) is 30.3 Å². The molecule has 32 heavy (non-hydrogen) atoms. The number of hydrogen-bond acceptors (Lipinski definition) is 4. The maximum atomic E-state index is 12.8. The average molecular weight is 446 g/mol. The van der Waals surface area contributed by atoms with Crippen LogP contribution in [0.15, 0.2) is 42.5 Å². The smallest absolute Gasteiger partial charge is 0.416 e. The van der Waals surface area contributed by atoms with E-state index in [9.17, 15) is 18.0 Å². The molecule has 0 spiro atoms. The zero-order valence-electron chi connectivity index (χ0n) is 17.5. The van der Waals surface area contributed by atoms with Crippen LogP contribution in [0, 0.1) is 5.92 Å². The number of nitrogens with zero attached hydrogens (tertiary/aromatic N) is 1. The second kappa shape index (κ2) is 8.31. The van der Waals surface area contributed by atoms with Crippen molar-refractivity contribution in [2.75, 3.05) is 26.2 Å². The molecular weight excluding hydrogens is 421 g/mol. The number of benzene rings is 2. The lowest BCUT2D eigenvalue weighted by molar-refractivity contribution is -0.137. The van der Waals surface area contributed by atoms with Gasteiger partial charge in [0.2, 0.25) is 0 Å². The normalized spacial score (nSPS) is 26.7. The molecule has 8 heteroatoms. The lowest BCUT2D eigenvalue weighted by Gasteiger charge is -2.44. The predicted molar refractivity (Wildman–Crippen MR) is 112 cm³/mol. The fourth-order valence-electron chi connectivity index (χ4n) is 4.93. The minimum Gasteiger partial charge on any atom is -0.493 e. The van der Waals surface area contributed by atoms with Crippen LogP contribution in [-0.2, 0) is 10.9 Å². The summed E-state index contributed by atoms with van der Waals surface area (Å²) in [5, 5.41) is 2.98. The monoisotopic (exact) mass is 446 g/mol. The van der Waals surface area contributed by atoms with E-state index in [0.717, 1.165) is 55.7 Å². The van der Waals surface area contributed by atoms with E-state index in [1.165, 1.54) is 12.1 Å². The first-order valence-electron chi connectivity index (χ1n) is 11.0. The number of amides is 1. The Labute approximate surface area is 184 Å². The summed E-state index contributed by atoms with van der Waals surface area (Å²) in [5.41, 5.74) is 1.59. The van der Waals surface area contributed by atoms with E-state index in [1.807, 2.05) is 18.2 Å². The highest BCUT2D eigenvalue weighted by Gasteiger charge is 2.37. The van der Waals surface area contributed by atoms with Gasteiger partial charge in [-0.15, -0.1) is 0 Å². The van der Waals surface area contributed by atoms with E-state index < -0.39 is 17.8 Å². The second-order valence-corrected chi connectivity index (χ2v) is 8.74. The fraction of sp³-hybridized carbons (Fsp3) is 0.458. The first-order valence-corrected chi connectivity index (χ1v) is 11.0. The van der Waals surface area contributed by atoms with Crippen molar-refractivity contribution < 1.29 is 27.4 Å². The van der Waals surface area contributed by atoms with Crippen LogP contribution >= 0.6 is 0 Å². The van der Waals surface area contributed by atoms with Gasteiger partial charge in [0.25, 0.3) is 0 Å². The molecule has 0 aliphatic carbocycles. The highest BCUT2D eigenvalue weighted by molar-refractivity contribution is 5.70. The number of carbonyl (C=O) groups excluding carboxylic acids is 1. The lowest BCUT2D eigenvalue weighted by atomic mass is 9.86. The SMILES string of the molecule is O=C(NC1CCOc2cc(-c3ccc(C(F)(F)F)cc3)ccc21)O[C@H]1CN2CCC1CC2. The first-order chi connectivity index (χ1) is 15.4. The van der Waals surface area contributed by atoms with E-state index in [2.05, 4.69) is 10.2 Å². The predicted octanol–water partition coefficient (Wildman–Crippen LogP) is 5.02. The Morgan fingerprint density at radius 1 is 1.03 bits per heavy atom. The third-order valence-corrected chi connectivity index (χ3v) is 6.75. The largest absolute Gasteiger partial charge is 0.493 e. The summed E-state index contributed by atoms with van der Waals surface area (Å²) in [6.07, 6.45) is -2.05. The molecule has 2 aromatic rings. The van der Waals surface area contributed by atoms with E-state index in [1.54, 1.807) is 0 Å². The van der Waals surface area contributed by atoms with Gasteiger partial charge in [-0.1, -0.05) is 24.3 Å². The molecule has 4 aliphatic rings. The quantitative estimate of drug-likeness (QED) is 0.720. The van der Waals surface area contributed by atoms with Crippen molar-refractivity contribution >= 4 is 6.09 Å². The minimum atomic E-state index is -4.36. The van der Waals surface area contributed by atoms with Crippen molar-refractivity contribution in [3.05, 3.63) is 53.6 Å². The number of ether oxygens (including phenoxy) is 2. The van der Waals surface area contributed by atoms with Crippen LogP contribution in [0.25, 0.3) is 11.1 Å². The third-order valence-electron chi connectivity index (χ3n) is 6.75. The van der Waals surface area contributed by atoms with E-state index >= 15 is 0 Å². The van der Waals surface area contributed by atoms with Gasteiger partial charge < -0.3 is 14.8 Å². The van der Waals surface area contributed by atoms with Gasteiger partial charge in [-0.3, -0.25) is 4.90 Å². The van der Waals surface area contributed by atoms with Gasteiger partial charge in [-0.25, -0.2) is 4.79 Å². The van der Waals surface area contributed by atoms with Gasteiger partial charge in [0, 0.05) is 18.5 Å². The second-order valence-electron chi connectivity index (χ2n) is 8.74. The molecule has 5 nitrogen and oxygen atoms in total. The Hall–Kier alpha value is -2.74. The van der Waals surface area contributed by atoms with Crippen molar-refractivity contribution in [1.29, 1.82) is 0 Å². The summed E-state index contributed by atoms with van der Waals surface area (Å²) in [7, 11) is 0. The Kier molecular flexibility index (Phi) is 5.49. The molecule has 4 heterocycles. The topological polar surface area (TPSA) is 50.8 Å². The molecule has 1 amide bonds. The summed E-state index contributed by atoms with van der Waals surface area (Å²) in [6, 6.07) is 10.3. The van der Waals surface area contributed by atoms with Crippen LogP contribution in [0.4, 0.5) is 18.0 Å². The number of alkyl carbamates (subject to hydrolysis) is 1. The summed E-state index contributed by atoms with van der Waals surface area (Å²) in [5.74, 6) is 1.07. The number of piperidine rings is 3. The van der Waals surface area contributed by atoms with E-state index in [-0.39, 0.29) is 12.1 Å². The third kappa shape index (κ3) is 4.28. The molecule has 1 unspecified atom stereocenters. The van der Waals surface area contributed by atoms with Crippen molar-refractivity contribution in [3.63, 3.8) is 0 Å². The van der Waals surface area contributed by atoms with E-state index in [4.69, 9.17) is 9.47 Å². The Bertz CT molecular complexity index is 985. The Morgan fingerprint density at radius 2 is 1.75 bits per heavy atom. The van der Waals surface area contributed by atoms with Gasteiger partial charge in [0.15, 0.2) is 0 Å². The first kappa shape index (κ1) is 21.1. The fourth-order valence-corrected chi connectivity index (χ4v) is 4.93. The van der Waals surface area contributed by atoms with Gasteiger partial charge in [-0.2, -0.15) is 13.2 Å². The molecule has 0 radical (unpaired) electrons. The van der Waals surface area contributed by atoms with Gasteiger partial charge in [0.1, 0.15) is 11.9 Å². The van der Waals surface area contributed by atoms with Crippen LogP contribution in [0.3, 0.4) is 0 Å². The van der Waals surface area contributed by atoms with Crippen molar-refractivity contribution in [2.24, 2.45) is 5.92 Å². The molecule has 2 atom stereocenters. The van der Waals surface area contributed by atoms with Crippen LogP contribution in [-0.4, -0.2) is 43.3 Å². The van der Waals surface area contributed by atoms with Gasteiger partial charge in [0.05, 0.1) is 18.2 Å². The highest BCUT2D eigenvalue weighted by Crippen LogP contribution is 2.37. The Balaban J connectivity index is 1.27. The molecule has 0 aromatic heterocycles. The molecule has 2 bridgehead atoms. The number of nitrogens with one attached hydrogen (secondary N) is 1. The molecule has 170 valence electrons. The van der Waals surface area contributed by atoms with Crippen LogP contribution in [0.2, 0.25) is 0 Å². The Morgan fingerprint density at radius 3 is 2.41 bits per heavy atom. The minimum absolute atomic E-state index is 0.0566. The number of alkyl halides is 3. The molecule has 3 fully saturated rings. The molecule has 3 saturated heterocycles. The van der Waals surface area contributed by atoms with Gasteiger partial charge in [-0.05, 0) is 61.2 Å². The maximum absolute atomic E-state index is 12.8. The number of hydrogen-bond donors (Lipinski definition) is 1. The average Bonchev–Trinajstić information content (AvgIpc) is 2.79. The van der Waals surface area contributed by atoms with Crippen LogP contribution in [0.5, 0.6) is 5.75 Å². The molecule has 1 N–H and O–H groups in total. The van der Waals surface area contributed by atoms with Gasteiger partial charge >= 0.3 is 12.3 Å². The molecule has 2 aromatic carbocycles. The maximum Gasteiger partial charge on any atom is 0.416 e. The standard InChI is InChI=1S/C24H25F3N2O3/c25-24(26,27)18-4-1-15(2-5-18)17-3-6-19-20(9-12-31-21(19)13-17)28-23(30)32-22-14-29-10-7-16(22)8-11-29/h1-6,13,16,20,22H,7-12,14H2,(H,28,30)/t20?,22-/m0/s1. The molecule has 6 rings (SSSR count). The van der Waals surface area contributed by atoms with Crippen molar-refractivity contribution in [2.45, 2.75) is 37.6 Å². The molecular formula is C24H25F3N2O3. The van der Waals surface area contributed by atoms with Crippen molar-refractivity contribution in [3.8, 4) is 16.9 Å². The zero-order chi connectivity index (χ0) is 22.3. The number of carbonyl (C=O) groups is 1. The molecule has 0 saturated carbocycles. The lowest BCUT2D eigenvalue weighted by Crippen LogP contribution is -2.52. The van der Waals surface area contributed by atoms with Crippen molar-refractivity contribution in [1.82, 2.24) is 10.2 Å². The number of fused-ring (bicyclic) bond motifs is 4.